The van der Waals surface area contributed by atoms with Crippen molar-refractivity contribution >= 4 is 23.4 Å². The Morgan fingerprint density at radius 2 is 1.69 bits per heavy atom. The molecule has 0 unspecified atom stereocenters. The quantitative estimate of drug-likeness (QED) is 0.528. The molecule has 0 radical (unpaired) electrons. The second-order valence-corrected chi connectivity index (χ2v) is 8.12. The number of hydrogen-bond acceptors (Lipinski definition) is 4. The first kappa shape index (κ1) is 25.5. The lowest BCUT2D eigenvalue weighted by atomic mass is 10.1. The number of nitrogens with one attached hydrogen (secondary N) is 1. The number of carbonyl (C=O) groups is 2. The van der Waals surface area contributed by atoms with Gasteiger partial charge in [-0.25, -0.2) is 0 Å². The molecule has 0 saturated heterocycles. The Kier molecular flexibility index (Phi) is 9.85. The number of benzene rings is 2. The molecule has 0 heterocycles. The molecule has 7 heteroatoms. The number of hydrogen-bond donors (Lipinski definition) is 1. The number of ether oxygens (including phenoxy) is 2. The third-order valence-electron chi connectivity index (χ3n) is 5.22. The van der Waals surface area contributed by atoms with E-state index >= 15 is 0 Å². The topological polar surface area (TPSA) is 67.9 Å². The van der Waals surface area contributed by atoms with Gasteiger partial charge in [-0.15, -0.1) is 0 Å². The number of nitrogens with zero attached hydrogens (tertiary/aromatic N) is 1. The van der Waals surface area contributed by atoms with Crippen LogP contribution in [0.15, 0.2) is 36.4 Å². The first-order chi connectivity index (χ1) is 15.3. The van der Waals surface area contributed by atoms with Gasteiger partial charge in [-0.2, -0.15) is 0 Å². The molecule has 0 saturated carbocycles. The van der Waals surface area contributed by atoms with Crippen molar-refractivity contribution in [1.29, 1.82) is 0 Å². The average molecular weight is 461 g/mol. The smallest absolute Gasteiger partial charge is 0.261 e. The Morgan fingerprint density at radius 1 is 1.06 bits per heavy atom. The highest BCUT2D eigenvalue weighted by atomic mass is 35.5. The van der Waals surface area contributed by atoms with E-state index in [-0.39, 0.29) is 18.4 Å². The van der Waals surface area contributed by atoms with Crippen molar-refractivity contribution in [3.63, 3.8) is 0 Å². The monoisotopic (exact) mass is 460 g/mol. The summed E-state index contributed by atoms with van der Waals surface area (Å²) in [6, 6.07) is 10.5. The maximum atomic E-state index is 13.2. The Labute approximate surface area is 195 Å². The number of aryl methyl sites for hydroxylation is 2. The molecule has 0 aliphatic rings. The van der Waals surface area contributed by atoms with Crippen molar-refractivity contribution in [3.8, 4) is 11.5 Å². The van der Waals surface area contributed by atoms with Gasteiger partial charge >= 0.3 is 0 Å². The zero-order chi connectivity index (χ0) is 23.7. The van der Waals surface area contributed by atoms with E-state index in [0.29, 0.717) is 30.3 Å². The summed E-state index contributed by atoms with van der Waals surface area (Å²) in [5.74, 6) is 0.890. The number of halogens is 1. The molecular weight excluding hydrogens is 428 g/mol. The van der Waals surface area contributed by atoms with Crippen molar-refractivity contribution in [1.82, 2.24) is 10.2 Å². The normalized spacial score (nSPS) is 11.6. The molecule has 0 aliphatic carbocycles. The lowest BCUT2D eigenvalue weighted by Gasteiger charge is -2.30. The molecule has 2 aromatic carbocycles. The van der Waals surface area contributed by atoms with Crippen molar-refractivity contribution in [2.45, 2.75) is 53.1 Å². The van der Waals surface area contributed by atoms with E-state index in [1.807, 2.05) is 64.1 Å². The van der Waals surface area contributed by atoms with E-state index in [0.717, 1.165) is 28.9 Å². The van der Waals surface area contributed by atoms with Crippen molar-refractivity contribution < 1.29 is 19.1 Å². The first-order valence-electron chi connectivity index (χ1n) is 10.9. The van der Waals surface area contributed by atoms with Crippen LogP contribution in [0.2, 0.25) is 5.02 Å². The summed E-state index contributed by atoms with van der Waals surface area (Å²) >= 11 is 6.23. The van der Waals surface area contributed by atoms with Crippen LogP contribution in [0.4, 0.5) is 0 Å². The number of methoxy groups -OCH3 is 1. The molecule has 2 rings (SSSR count). The number of amides is 2. The molecule has 0 fully saturated rings. The Hall–Kier alpha value is -2.73. The molecule has 1 atom stereocenters. The fourth-order valence-corrected chi connectivity index (χ4v) is 3.54. The molecular formula is C25H33ClN2O4. The third-order valence-corrected chi connectivity index (χ3v) is 5.82. The minimum absolute atomic E-state index is 0.158. The van der Waals surface area contributed by atoms with E-state index in [9.17, 15) is 9.59 Å². The van der Waals surface area contributed by atoms with Gasteiger partial charge in [0.2, 0.25) is 5.91 Å². The third kappa shape index (κ3) is 6.89. The van der Waals surface area contributed by atoms with Gasteiger partial charge in [-0.05, 0) is 67.6 Å². The van der Waals surface area contributed by atoms with Crippen LogP contribution in [-0.4, -0.2) is 43.0 Å². The van der Waals surface area contributed by atoms with Gasteiger partial charge in [-0.3, -0.25) is 9.59 Å². The fourth-order valence-electron chi connectivity index (χ4n) is 3.43. The van der Waals surface area contributed by atoms with Crippen LogP contribution in [0.5, 0.6) is 11.5 Å². The Morgan fingerprint density at radius 3 is 2.22 bits per heavy atom. The fraction of sp³-hybridized carbons (Fsp3) is 0.440. The summed E-state index contributed by atoms with van der Waals surface area (Å²) in [7, 11) is 1.60. The molecule has 0 spiro atoms. The van der Waals surface area contributed by atoms with Crippen LogP contribution in [-0.2, 0) is 16.1 Å². The highest BCUT2D eigenvalue weighted by Crippen LogP contribution is 2.26. The molecule has 0 aliphatic heterocycles. The summed E-state index contributed by atoms with van der Waals surface area (Å²) in [6.45, 7) is 8.37. The molecule has 2 amide bonds. The van der Waals surface area contributed by atoms with Gasteiger partial charge < -0.3 is 19.7 Å². The van der Waals surface area contributed by atoms with Crippen LogP contribution in [0.1, 0.15) is 43.4 Å². The van der Waals surface area contributed by atoms with E-state index in [1.54, 1.807) is 12.0 Å². The molecule has 6 nitrogen and oxygen atoms in total. The lowest BCUT2D eigenvalue weighted by Crippen LogP contribution is -2.50. The van der Waals surface area contributed by atoms with Crippen LogP contribution < -0.4 is 14.8 Å². The maximum absolute atomic E-state index is 13.2. The number of rotatable bonds is 11. The predicted octanol–water partition coefficient (Wildman–Crippen LogP) is 4.68. The second kappa shape index (κ2) is 12.3. The highest BCUT2D eigenvalue weighted by Gasteiger charge is 2.28. The van der Waals surface area contributed by atoms with Gasteiger partial charge in [-0.1, -0.05) is 37.6 Å². The molecule has 2 aromatic rings. The van der Waals surface area contributed by atoms with Crippen molar-refractivity contribution in [3.05, 3.63) is 58.1 Å². The van der Waals surface area contributed by atoms with E-state index in [2.05, 4.69) is 5.32 Å². The molecule has 0 aromatic heterocycles. The van der Waals surface area contributed by atoms with Gasteiger partial charge in [0.1, 0.15) is 17.5 Å². The molecule has 1 N–H and O–H groups in total. The van der Waals surface area contributed by atoms with E-state index < -0.39 is 6.04 Å². The maximum Gasteiger partial charge on any atom is 0.261 e. The summed E-state index contributed by atoms with van der Waals surface area (Å²) < 4.78 is 11.0. The molecule has 32 heavy (non-hydrogen) atoms. The Balaban J connectivity index is 2.22. The Bertz CT molecular complexity index is 892. The zero-order valence-corrected chi connectivity index (χ0v) is 20.3. The van der Waals surface area contributed by atoms with Crippen molar-refractivity contribution in [2.24, 2.45) is 0 Å². The van der Waals surface area contributed by atoms with Crippen LogP contribution in [0, 0.1) is 13.8 Å². The summed E-state index contributed by atoms with van der Waals surface area (Å²) in [5, 5.41) is 3.59. The highest BCUT2D eigenvalue weighted by molar-refractivity contribution is 6.32. The minimum Gasteiger partial charge on any atom is -0.497 e. The number of carbonyl (C=O) groups excluding carboxylic acids is 2. The lowest BCUT2D eigenvalue weighted by molar-refractivity contribution is -0.143. The van der Waals surface area contributed by atoms with E-state index in [1.165, 1.54) is 0 Å². The molecule has 0 bridgehead atoms. The van der Waals surface area contributed by atoms with Crippen LogP contribution >= 0.6 is 11.6 Å². The SMILES string of the molecule is CCCNC(=O)[C@@H](CC)N(Cc1ccc(OC)cc1)C(=O)COc1cc(C)c(Cl)c(C)c1. The standard InChI is InChI=1S/C25H33ClN2O4/c1-6-12-27-25(30)22(7-2)28(15-19-8-10-20(31-5)11-9-19)23(29)16-32-21-13-17(3)24(26)18(4)14-21/h8-11,13-14,22H,6-7,12,15-16H2,1-5H3,(H,27,30)/t22-/m1/s1. The first-order valence-corrected chi connectivity index (χ1v) is 11.3. The average Bonchev–Trinajstić information content (AvgIpc) is 2.79. The largest absolute Gasteiger partial charge is 0.497 e. The zero-order valence-electron chi connectivity index (χ0n) is 19.5. The van der Waals surface area contributed by atoms with Gasteiger partial charge in [0.05, 0.1) is 7.11 Å². The molecule has 174 valence electrons. The van der Waals surface area contributed by atoms with Gasteiger partial charge in [0.25, 0.3) is 5.91 Å². The van der Waals surface area contributed by atoms with E-state index in [4.69, 9.17) is 21.1 Å². The summed E-state index contributed by atoms with van der Waals surface area (Å²) in [5.41, 5.74) is 2.67. The van der Waals surface area contributed by atoms with Crippen molar-refractivity contribution in [2.75, 3.05) is 20.3 Å². The second-order valence-electron chi connectivity index (χ2n) is 7.74. The van der Waals surface area contributed by atoms with Gasteiger partial charge in [0.15, 0.2) is 6.61 Å². The predicted molar refractivity (Wildman–Crippen MR) is 127 cm³/mol. The summed E-state index contributed by atoms with van der Waals surface area (Å²) in [6.07, 6.45) is 1.32. The van der Waals surface area contributed by atoms with Crippen LogP contribution in [0.3, 0.4) is 0 Å². The summed E-state index contributed by atoms with van der Waals surface area (Å²) in [4.78, 5) is 27.6. The van der Waals surface area contributed by atoms with Gasteiger partial charge in [0, 0.05) is 18.1 Å². The van der Waals surface area contributed by atoms with Crippen LogP contribution in [0.25, 0.3) is 0 Å². The minimum atomic E-state index is -0.589.